The third-order valence-corrected chi connectivity index (χ3v) is 5.75. The molecule has 0 N–H and O–H groups in total. The van der Waals surface area contributed by atoms with Crippen molar-refractivity contribution in [2.24, 2.45) is 0 Å². The van der Waals surface area contributed by atoms with Crippen LogP contribution in [0.15, 0.2) is 85.5 Å². The van der Waals surface area contributed by atoms with E-state index in [0.717, 1.165) is 17.2 Å². The Kier molecular flexibility index (Phi) is 14.3. The van der Waals surface area contributed by atoms with Crippen molar-refractivity contribution >= 4 is 17.9 Å². The molecule has 0 atom stereocenters. The van der Waals surface area contributed by atoms with Crippen molar-refractivity contribution in [2.45, 2.75) is 13.3 Å². The van der Waals surface area contributed by atoms with Gasteiger partial charge in [-0.2, -0.15) is 0 Å². The van der Waals surface area contributed by atoms with Gasteiger partial charge in [0.05, 0.1) is 32.0 Å². The summed E-state index contributed by atoms with van der Waals surface area (Å²) in [6.45, 7) is 7.53. The largest absolute Gasteiger partial charge is 0.491 e. The summed E-state index contributed by atoms with van der Waals surface area (Å²) >= 11 is 0. The maximum Gasteiger partial charge on any atom is 0.343 e. The molecule has 0 spiro atoms. The summed E-state index contributed by atoms with van der Waals surface area (Å²) in [6, 6.07) is 21.3. The summed E-state index contributed by atoms with van der Waals surface area (Å²) in [5.41, 5.74) is 2.30. The van der Waals surface area contributed by atoms with E-state index in [1.807, 2.05) is 36.4 Å². The monoisotopic (exact) mass is 592 g/mol. The van der Waals surface area contributed by atoms with Crippen LogP contribution in [0, 0.1) is 0 Å². The molecule has 0 saturated heterocycles. The van der Waals surface area contributed by atoms with Crippen LogP contribution >= 0.6 is 0 Å². The highest BCUT2D eigenvalue weighted by molar-refractivity contribution is 5.91. The van der Waals surface area contributed by atoms with Gasteiger partial charge in [0.15, 0.2) is 0 Å². The molecular formula is C33H36O10. The zero-order chi connectivity index (χ0) is 30.7. The Morgan fingerprint density at radius 3 is 1.63 bits per heavy atom. The molecule has 43 heavy (non-hydrogen) atoms. The Bertz CT molecular complexity index is 1280. The standard InChI is InChI=1S/C33H36O10/c1-3-31(34)41-22-20-38-18-17-37-19-21-39-29-13-9-27(10-14-29)33(36)43-30-15-7-26(8-16-30)25-5-11-28(12-6-25)40-23-24-42-32(35)4-2/h4-16H,2-3,17-24H2,1H3. The van der Waals surface area contributed by atoms with E-state index in [-0.39, 0.29) is 25.8 Å². The van der Waals surface area contributed by atoms with Gasteiger partial charge in [0, 0.05) is 12.5 Å². The van der Waals surface area contributed by atoms with E-state index in [1.54, 1.807) is 43.3 Å². The smallest absolute Gasteiger partial charge is 0.343 e. The van der Waals surface area contributed by atoms with Crippen molar-refractivity contribution in [1.29, 1.82) is 0 Å². The molecule has 0 aliphatic carbocycles. The fraction of sp³-hybridized carbons (Fsp3) is 0.303. The van der Waals surface area contributed by atoms with Crippen molar-refractivity contribution in [3.8, 4) is 28.4 Å². The highest BCUT2D eigenvalue weighted by atomic mass is 16.6. The molecular weight excluding hydrogens is 556 g/mol. The molecule has 0 aromatic heterocycles. The molecule has 0 unspecified atom stereocenters. The lowest BCUT2D eigenvalue weighted by Crippen LogP contribution is -2.14. The third-order valence-electron chi connectivity index (χ3n) is 5.75. The van der Waals surface area contributed by atoms with Crippen LogP contribution in [-0.2, 0) is 28.5 Å². The summed E-state index contributed by atoms with van der Waals surface area (Å²) in [5, 5.41) is 0. The minimum absolute atomic E-state index is 0.139. The van der Waals surface area contributed by atoms with Crippen LogP contribution in [0.4, 0.5) is 0 Å². The molecule has 0 saturated carbocycles. The Labute approximate surface area is 251 Å². The van der Waals surface area contributed by atoms with Crippen LogP contribution in [0.25, 0.3) is 11.1 Å². The lowest BCUT2D eigenvalue weighted by atomic mass is 10.1. The molecule has 3 aromatic carbocycles. The molecule has 0 aliphatic rings. The molecule has 3 rings (SSSR count). The predicted octanol–water partition coefficient (Wildman–Crippen LogP) is 5.05. The molecule has 0 heterocycles. The predicted molar refractivity (Wildman–Crippen MR) is 158 cm³/mol. The van der Waals surface area contributed by atoms with Crippen LogP contribution in [0.2, 0.25) is 0 Å². The van der Waals surface area contributed by atoms with Gasteiger partial charge in [-0.05, 0) is 59.7 Å². The van der Waals surface area contributed by atoms with Crippen molar-refractivity contribution in [1.82, 2.24) is 0 Å². The lowest BCUT2D eigenvalue weighted by molar-refractivity contribution is -0.145. The Morgan fingerprint density at radius 1 is 0.605 bits per heavy atom. The van der Waals surface area contributed by atoms with Crippen LogP contribution in [0.3, 0.4) is 0 Å². The van der Waals surface area contributed by atoms with E-state index in [9.17, 15) is 14.4 Å². The fourth-order valence-electron chi connectivity index (χ4n) is 3.53. The first-order valence-corrected chi connectivity index (χ1v) is 13.9. The van der Waals surface area contributed by atoms with Gasteiger partial charge in [0.1, 0.15) is 43.7 Å². The van der Waals surface area contributed by atoms with Gasteiger partial charge in [0.25, 0.3) is 0 Å². The zero-order valence-electron chi connectivity index (χ0n) is 24.2. The van der Waals surface area contributed by atoms with E-state index in [1.165, 1.54) is 0 Å². The summed E-state index contributed by atoms with van der Waals surface area (Å²) in [4.78, 5) is 34.6. The van der Waals surface area contributed by atoms with Crippen molar-refractivity contribution in [3.05, 3.63) is 91.0 Å². The quantitative estimate of drug-likeness (QED) is 0.0811. The van der Waals surface area contributed by atoms with Gasteiger partial charge in [-0.25, -0.2) is 9.59 Å². The Hall–Kier alpha value is -4.67. The summed E-state index contributed by atoms with van der Waals surface area (Å²) in [6.07, 6.45) is 1.45. The highest BCUT2D eigenvalue weighted by Crippen LogP contribution is 2.25. The number of ether oxygens (including phenoxy) is 7. The van der Waals surface area contributed by atoms with Crippen LogP contribution in [0.1, 0.15) is 23.7 Å². The van der Waals surface area contributed by atoms with E-state index < -0.39 is 11.9 Å². The summed E-state index contributed by atoms with van der Waals surface area (Å²) in [7, 11) is 0. The van der Waals surface area contributed by atoms with Crippen molar-refractivity contribution in [2.75, 3.05) is 52.9 Å². The molecule has 10 heteroatoms. The normalized spacial score (nSPS) is 10.4. The van der Waals surface area contributed by atoms with Gasteiger partial charge in [-0.1, -0.05) is 37.8 Å². The number of benzene rings is 3. The van der Waals surface area contributed by atoms with E-state index in [0.29, 0.717) is 62.3 Å². The topological polar surface area (TPSA) is 116 Å². The molecule has 0 amide bonds. The SMILES string of the molecule is C=CC(=O)OCCOc1ccc(-c2ccc(OC(=O)c3ccc(OCCOCCOCCOC(=O)CC)cc3)cc2)cc1. The van der Waals surface area contributed by atoms with E-state index in [2.05, 4.69) is 6.58 Å². The second-order valence-electron chi connectivity index (χ2n) is 8.83. The van der Waals surface area contributed by atoms with Gasteiger partial charge in [-0.3, -0.25) is 4.79 Å². The second kappa shape index (κ2) is 18.7. The van der Waals surface area contributed by atoms with E-state index in [4.69, 9.17) is 33.2 Å². The average molecular weight is 593 g/mol. The Balaban J connectivity index is 1.33. The van der Waals surface area contributed by atoms with Crippen molar-refractivity contribution < 1.29 is 47.5 Å². The minimum atomic E-state index is -0.487. The van der Waals surface area contributed by atoms with Crippen molar-refractivity contribution in [3.63, 3.8) is 0 Å². The fourth-order valence-corrected chi connectivity index (χ4v) is 3.53. The number of rotatable bonds is 19. The summed E-state index contributed by atoms with van der Waals surface area (Å²) < 4.78 is 37.3. The number of hydrogen-bond donors (Lipinski definition) is 0. The average Bonchev–Trinajstić information content (AvgIpc) is 3.04. The molecule has 228 valence electrons. The first-order valence-electron chi connectivity index (χ1n) is 13.9. The first kappa shape index (κ1) is 32.8. The Morgan fingerprint density at radius 2 is 1.07 bits per heavy atom. The molecule has 0 aliphatic heterocycles. The van der Waals surface area contributed by atoms with Crippen LogP contribution in [-0.4, -0.2) is 70.8 Å². The molecule has 0 bridgehead atoms. The highest BCUT2D eigenvalue weighted by Gasteiger charge is 2.10. The first-order chi connectivity index (χ1) is 21.0. The minimum Gasteiger partial charge on any atom is -0.491 e. The van der Waals surface area contributed by atoms with Gasteiger partial charge >= 0.3 is 17.9 Å². The van der Waals surface area contributed by atoms with Gasteiger partial charge < -0.3 is 33.2 Å². The van der Waals surface area contributed by atoms with Gasteiger partial charge in [-0.15, -0.1) is 0 Å². The van der Waals surface area contributed by atoms with Crippen LogP contribution in [0.5, 0.6) is 17.2 Å². The molecule has 10 nitrogen and oxygen atoms in total. The molecule has 0 radical (unpaired) electrons. The van der Waals surface area contributed by atoms with E-state index >= 15 is 0 Å². The zero-order valence-corrected chi connectivity index (χ0v) is 24.2. The maximum absolute atomic E-state index is 12.6. The third kappa shape index (κ3) is 12.4. The van der Waals surface area contributed by atoms with Gasteiger partial charge in [0.2, 0.25) is 0 Å². The maximum atomic E-state index is 12.6. The number of hydrogen-bond acceptors (Lipinski definition) is 10. The molecule has 3 aromatic rings. The summed E-state index contributed by atoms with van der Waals surface area (Å²) in [5.74, 6) is 0.466. The number of carbonyl (C=O) groups is 3. The second-order valence-corrected chi connectivity index (χ2v) is 8.83. The lowest BCUT2D eigenvalue weighted by Gasteiger charge is -2.09. The van der Waals surface area contributed by atoms with Crippen LogP contribution < -0.4 is 14.2 Å². The number of esters is 3. The number of carbonyl (C=O) groups excluding carboxylic acids is 3. The molecule has 0 fully saturated rings.